The van der Waals surface area contributed by atoms with E-state index >= 15 is 0 Å². The fraction of sp³-hybridized carbons (Fsp3) is 1.00. The smallest absolute Gasteiger partial charge is 0.0375 e. The van der Waals surface area contributed by atoms with Gasteiger partial charge in [0, 0.05) is 33.9 Å². The zero-order chi connectivity index (χ0) is 11.3. The molecule has 2 nitrogen and oxygen atoms in total. The molecule has 0 spiro atoms. The minimum absolute atomic E-state index is 0.0654. The quantitative estimate of drug-likeness (QED) is 0.826. The lowest BCUT2D eigenvalue weighted by atomic mass is 10.1. The van der Waals surface area contributed by atoms with E-state index in [2.05, 4.69) is 5.32 Å². The van der Waals surface area contributed by atoms with E-state index in [0.29, 0.717) is 6.04 Å². The lowest BCUT2D eigenvalue weighted by Crippen LogP contribution is -2.37. The molecule has 1 heterocycles. The van der Waals surface area contributed by atoms with E-state index in [1.54, 1.807) is 0 Å². The van der Waals surface area contributed by atoms with Crippen molar-refractivity contribution in [2.24, 2.45) is 0 Å². The highest BCUT2D eigenvalue weighted by Crippen LogP contribution is 2.17. The molecule has 0 aliphatic carbocycles. The van der Waals surface area contributed by atoms with Crippen LogP contribution < -0.4 is 5.32 Å². The van der Waals surface area contributed by atoms with Crippen LogP contribution in [0.4, 0.5) is 0 Å². The summed E-state index contributed by atoms with van der Waals surface area (Å²) < 4.78 is 11.7. The normalized spacial score (nSPS) is 21.5. The molecule has 1 aliphatic rings. The van der Waals surface area contributed by atoms with Gasteiger partial charge in [0.05, 0.1) is 0 Å². The Bertz CT molecular complexity index is 207. The van der Waals surface area contributed by atoms with Gasteiger partial charge < -0.3 is 5.32 Å². The van der Waals surface area contributed by atoms with Crippen LogP contribution in [-0.4, -0.2) is 38.8 Å². The van der Waals surface area contributed by atoms with E-state index in [1.807, 2.05) is 32.5 Å². The van der Waals surface area contributed by atoms with Crippen molar-refractivity contribution in [2.45, 2.75) is 44.4 Å². The van der Waals surface area contributed by atoms with Crippen molar-refractivity contribution in [3.05, 3.63) is 0 Å². The van der Waals surface area contributed by atoms with Gasteiger partial charge in [0.2, 0.25) is 0 Å². The number of hydrogen-bond acceptors (Lipinski definition) is 3. The molecule has 0 saturated carbocycles. The third-order valence-electron chi connectivity index (χ3n) is 2.62. The maximum absolute atomic E-state index is 11.8. The van der Waals surface area contributed by atoms with Gasteiger partial charge in [-0.2, -0.15) is 11.8 Å². The van der Waals surface area contributed by atoms with Gasteiger partial charge in [-0.1, -0.05) is 0 Å². The van der Waals surface area contributed by atoms with Gasteiger partial charge in [-0.3, -0.25) is 4.21 Å². The van der Waals surface area contributed by atoms with Crippen LogP contribution in [0.2, 0.25) is 0 Å². The minimum Gasteiger partial charge on any atom is -0.313 e. The van der Waals surface area contributed by atoms with Crippen molar-refractivity contribution in [3.63, 3.8) is 0 Å². The highest BCUT2D eigenvalue weighted by Gasteiger charge is 2.19. The molecule has 0 aromatic heterocycles. The van der Waals surface area contributed by atoms with E-state index in [9.17, 15) is 4.21 Å². The van der Waals surface area contributed by atoms with E-state index in [0.717, 1.165) is 12.3 Å². The molecule has 1 unspecified atom stereocenters. The molecule has 90 valence electrons. The first-order valence-electron chi connectivity index (χ1n) is 5.70. The second kappa shape index (κ2) is 6.26. The van der Waals surface area contributed by atoms with Crippen molar-refractivity contribution in [1.82, 2.24) is 5.32 Å². The largest absolute Gasteiger partial charge is 0.313 e. The first kappa shape index (κ1) is 13.5. The van der Waals surface area contributed by atoms with E-state index in [4.69, 9.17) is 0 Å². The zero-order valence-corrected chi connectivity index (χ0v) is 11.7. The van der Waals surface area contributed by atoms with Crippen LogP contribution >= 0.6 is 11.8 Å². The summed E-state index contributed by atoms with van der Waals surface area (Å²) in [5, 5.41) is 3.52. The molecule has 4 heteroatoms. The molecule has 0 amide bonds. The summed E-state index contributed by atoms with van der Waals surface area (Å²) in [5.41, 5.74) is 0. The number of thioether (sulfide) groups is 1. The fourth-order valence-corrected chi connectivity index (χ4v) is 3.59. The third kappa shape index (κ3) is 5.36. The average molecular weight is 249 g/mol. The van der Waals surface area contributed by atoms with Gasteiger partial charge in [-0.05, 0) is 45.1 Å². The Morgan fingerprint density at radius 2 is 1.93 bits per heavy atom. The summed E-state index contributed by atoms with van der Waals surface area (Å²) in [4.78, 5) is 0. The first-order valence-corrected chi connectivity index (χ1v) is 8.17. The highest BCUT2D eigenvalue weighted by molar-refractivity contribution is 7.99. The predicted molar refractivity (Wildman–Crippen MR) is 71.1 cm³/mol. The molecule has 1 N–H and O–H groups in total. The molecule has 0 bridgehead atoms. The third-order valence-corrected chi connectivity index (χ3v) is 5.61. The van der Waals surface area contributed by atoms with Crippen LogP contribution in [0.5, 0.6) is 0 Å². The highest BCUT2D eigenvalue weighted by atomic mass is 32.2. The molecule has 1 aliphatic heterocycles. The van der Waals surface area contributed by atoms with Gasteiger partial charge in [0.15, 0.2) is 0 Å². The summed E-state index contributed by atoms with van der Waals surface area (Å²) >= 11 is 2.04. The maximum atomic E-state index is 11.8. The Hall–Kier alpha value is 0.460. The number of nitrogens with one attached hydrogen (secondary N) is 1. The maximum Gasteiger partial charge on any atom is 0.0375 e. The Labute approximate surface area is 100 Å². The van der Waals surface area contributed by atoms with Crippen LogP contribution in [0.3, 0.4) is 0 Å². The van der Waals surface area contributed by atoms with Crippen molar-refractivity contribution in [2.75, 3.05) is 23.8 Å². The molecule has 0 aromatic rings. The number of rotatable bonds is 4. The Morgan fingerprint density at radius 3 is 2.47 bits per heavy atom. The van der Waals surface area contributed by atoms with Crippen LogP contribution in [0.15, 0.2) is 0 Å². The molecular weight excluding hydrogens is 226 g/mol. The Morgan fingerprint density at radius 1 is 1.33 bits per heavy atom. The summed E-state index contributed by atoms with van der Waals surface area (Å²) in [6.07, 6.45) is 2.54. The van der Waals surface area contributed by atoms with Crippen molar-refractivity contribution < 1.29 is 4.21 Å². The van der Waals surface area contributed by atoms with E-state index in [1.165, 1.54) is 24.3 Å². The van der Waals surface area contributed by atoms with Crippen molar-refractivity contribution in [1.29, 1.82) is 0 Å². The molecule has 15 heavy (non-hydrogen) atoms. The molecule has 1 fully saturated rings. The minimum atomic E-state index is -0.709. The van der Waals surface area contributed by atoms with Crippen LogP contribution in [0.25, 0.3) is 0 Å². The van der Waals surface area contributed by atoms with Gasteiger partial charge >= 0.3 is 0 Å². The predicted octanol–water partition coefficient (Wildman–Crippen LogP) is 2.02. The SMILES string of the molecule is CC(C)(C)S(=O)CCNC1CCSCC1. The standard InChI is InChI=1S/C11H23NOS2/c1-11(2,3)15(13)9-6-12-10-4-7-14-8-5-10/h10,12H,4-9H2,1-3H3. The lowest BCUT2D eigenvalue weighted by Gasteiger charge is -2.23. The monoisotopic (exact) mass is 249 g/mol. The summed E-state index contributed by atoms with van der Waals surface area (Å²) in [7, 11) is -0.709. The van der Waals surface area contributed by atoms with Crippen LogP contribution in [0.1, 0.15) is 33.6 Å². The van der Waals surface area contributed by atoms with Gasteiger partial charge in [0.25, 0.3) is 0 Å². The summed E-state index contributed by atoms with van der Waals surface area (Å²) in [5.74, 6) is 3.34. The van der Waals surface area contributed by atoms with Crippen molar-refractivity contribution >= 4 is 22.6 Å². The Balaban J connectivity index is 2.12. The molecule has 1 saturated heterocycles. The van der Waals surface area contributed by atoms with Gasteiger partial charge in [0.1, 0.15) is 0 Å². The Kier molecular flexibility index (Phi) is 5.64. The van der Waals surface area contributed by atoms with Crippen LogP contribution in [0, 0.1) is 0 Å². The fourth-order valence-electron chi connectivity index (χ4n) is 1.56. The first-order chi connectivity index (χ1) is 7.00. The molecule has 0 radical (unpaired) electrons. The second-order valence-electron chi connectivity index (χ2n) is 5.00. The van der Waals surface area contributed by atoms with E-state index < -0.39 is 10.8 Å². The molecule has 0 aromatic carbocycles. The van der Waals surface area contributed by atoms with Gasteiger partial charge in [-0.25, -0.2) is 0 Å². The lowest BCUT2D eigenvalue weighted by molar-refractivity contribution is 0.497. The average Bonchev–Trinajstić information content (AvgIpc) is 2.18. The van der Waals surface area contributed by atoms with E-state index in [-0.39, 0.29) is 4.75 Å². The molecule has 1 rings (SSSR count). The van der Waals surface area contributed by atoms with Crippen molar-refractivity contribution in [3.8, 4) is 0 Å². The number of hydrogen-bond donors (Lipinski definition) is 1. The van der Waals surface area contributed by atoms with Crippen LogP contribution in [-0.2, 0) is 10.8 Å². The molecule has 1 atom stereocenters. The molecular formula is C11H23NOS2. The zero-order valence-electron chi connectivity index (χ0n) is 10.0. The topological polar surface area (TPSA) is 29.1 Å². The second-order valence-corrected chi connectivity index (χ2v) is 8.55. The summed E-state index contributed by atoms with van der Waals surface area (Å²) in [6, 6.07) is 0.670. The summed E-state index contributed by atoms with van der Waals surface area (Å²) in [6.45, 7) is 7.03. The van der Waals surface area contributed by atoms with Gasteiger partial charge in [-0.15, -0.1) is 0 Å².